The smallest absolute Gasteiger partial charge is 0.294 e. The number of amides is 3. The minimum atomic E-state index is -3.15. The lowest BCUT2D eigenvalue weighted by atomic mass is 10.2. The summed E-state index contributed by atoms with van der Waals surface area (Å²) >= 11 is 6.70. The number of carbonyl (C=O) groups is 3. The van der Waals surface area contributed by atoms with Crippen LogP contribution in [0.25, 0.3) is 6.08 Å². The summed E-state index contributed by atoms with van der Waals surface area (Å²) in [6.07, 6.45) is 1.93. The van der Waals surface area contributed by atoms with Gasteiger partial charge in [-0.05, 0) is 48.9 Å². The monoisotopic (exact) mass is 442 g/mol. The normalized spacial score (nSPS) is 22.9. The molecule has 28 heavy (non-hydrogen) atoms. The number of imide groups is 1. The number of nitrogens with zero attached hydrogens (tertiary/aromatic N) is 2. The Labute approximate surface area is 172 Å². The molecule has 2 aliphatic rings. The third-order valence-corrected chi connectivity index (χ3v) is 7.52. The molecule has 1 atom stereocenters. The van der Waals surface area contributed by atoms with Crippen LogP contribution in [0.4, 0.5) is 4.79 Å². The molecular formula is C18H19ClN2O5S2. The van der Waals surface area contributed by atoms with Gasteiger partial charge < -0.3 is 4.90 Å². The number of sulfone groups is 1. The summed E-state index contributed by atoms with van der Waals surface area (Å²) in [6.45, 7) is 1.66. The van der Waals surface area contributed by atoms with Crippen molar-refractivity contribution in [3.05, 3.63) is 39.8 Å². The van der Waals surface area contributed by atoms with E-state index in [1.807, 2.05) is 0 Å². The highest BCUT2D eigenvalue weighted by Gasteiger charge is 2.39. The van der Waals surface area contributed by atoms with E-state index in [9.17, 15) is 22.8 Å². The molecule has 150 valence electrons. The van der Waals surface area contributed by atoms with Crippen LogP contribution >= 0.6 is 23.4 Å². The molecule has 1 aromatic rings. The van der Waals surface area contributed by atoms with E-state index in [0.29, 0.717) is 23.6 Å². The summed E-state index contributed by atoms with van der Waals surface area (Å²) in [5.74, 6) is -1.01. The third-order valence-electron chi connectivity index (χ3n) is 4.62. The van der Waals surface area contributed by atoms with Crippen LogP contribution in [-0.4, -0.2) is 65.9 Å². The molecule has 2 fully saturated rings. The van der Waals surface area contributed by atoms with Crippen LogP contribution in [0.15, 0.2) is 29.2 Å². The van der Waals surface area contributed by atoms with Gasteiger partial charge in [0.1, 0.15) is 6.54 Å². The second-order valence-electron chi connectivity index (χ2n) is 6.56. The van der Waals surface area contributed by atoms with Gasteiger partial charge in [-0.15, -0.1) is 0 Å². The zero-order chi connectivity index (χ0) is 20.5. The first-order chi connectivity index (χ1) is 13.2. The molecule has 0 saturated carbocycles. The van der Waals surface area contributed by atoms with Crippen molar-refractivity contribution < 1.29 is 22.8 Å². The Morgan fingerprint density at radius 3 is 2.75 bits per heavy atom. The Morgan fingerprint density at radius 1 is 1.39 bits per heavy atom. The molecule has 3 amide bonds. The molecule has 2 heterocycles. The van der Waals surface area contributed by atoms with Crippen molar-refractivity contribution in [3.8, 4) is 0 Å². The second kappa shape index (κ2) is 8.26. The Bertz CT molecular complexity index is 960. The van der Waals surface area contributed by atoms with Gasteiger partial charge in [-0.1, -0.05) is 23.7 Å². The van der Waals surface area contributed by atoms with Gasteiger partial charge in [0, 0.05) is 17.6 Å². The maximum atomic E-state index is 12.7. The highest BCUT2D eigenvalue weighted by atomic mass is 35.5. The molecule has 2 aliphatic heterocycles. The fourth-order valence-electron chi connectivity index (χ4n) is 3.27. The van der Waals surface area contributed by atoms with Gasteiger partial charge >= 0.3 is 0 Å². The molecule has 2 saturated heterocycles. The third kappa shape index (κ3) is 4.59. The minimum Gasteiger partial charge on any atom is -0.337 e. The zero-order valence-corrected chi connectivity index (χ0v) is 17.5. The predicted molar refractivity (Wildman–Crippen MR) is 109 cm³/mol. The fourth-order valence-corrected chi connectivity index (χ4v) is 6.04. The first kappa shape index (κ1) is 20.9. The van der Waals surface area contributed by atoms with Gasteiger partial charge in [0.15, 0.2) is 9.84 Å². The lowest BCUT2D eigenvalue weighted by molar-refractivity contribution is -0.137. The molecule has 3 rings (SSSR count). The van der Waals surface area contributed by atoms with E-state index >= 15 is 0 Å². The van der Waals surface area contributed by atoms with Crippen molar-refractivity contribution in [2.24, 2.45) is 0 Å². The van der Waals surface area contributed by atoms with Gasteiger partial charge in [0.25, 0.3) is 11.1 Å². The molecule has 10 heteroatoms. The predicted octanol–water partition coefficient (Wildman–Crippen LogP) is 2.41. The molecule has 0 bridgehead atoms. The van der Waals surface area contributed by atoms with Crippen LogP contribution in [0.1, 0.15) is 18.9 Å². The van der Waals surface area contributed by atoms with E-state index in [0.717, 1.165) is 16.7 Å². The Kier molecular flexibility index (Phi) is 6.16. The van der Waals surface area contributed by atoms with E-state index < -0.39 is 39.5 Å². The molecule has 0 radical (unpaired) electrons. The summed E-state index contributed by atoms with van der Waals surface area (Å²) in [5, 5.41) is -0.0185. The van der Waals surface area contributed by atoms with Crippen molar-refractivity contribution in [2.45, 2.75) is 19.4 Å². The summed E-state index contributed by atoms with van der Waals surface area (Å²) in [5.41, 5.74) is 0.677. The summed E-state index contributed by atoms with van der Waals surface area (Å²) < 4.78 is 23.4. The van der Waals surface area contributed by atoms with E-state index in [4.69, 9.17) is 11.6 Å². The van der Waals surface area contributed by atoms with Crippen LogP contribution in [-0.2, 0) is 19.4 Å². The number of carbonyl (C=O) groups excluding carboxylic acids is 3. The summed E-state index contributed by atoms with van der Waals surface area (Å²) in [6, 6.07) is 6.44. The van der Waals surface area contributed by atoms with Crippen molar-refractivity contribution in [1.29, 1.82) is 0 Å². The largest absolute Gasteiger partial charge is 0.337 e. The van der Waals surface area contributed by atoms with Crippen molar-refractivity contribution in [3.63, 3.8) is 0 Å². The minimum absolute atomic E-state index is 0.0470. The first-order valence-corrected chi connectivity index (χ1v) is 11.7. The van der Waals surface area contributed by atoms with Crippen molar-refractivity contribution in [1.82, 2.24) is 9.80 Å². The number of halogens is 1. The van der Waals surface area contributed by atoms with E-state index in [2.05, 4.69) is 0 Å². The summed E-state index contributed by atoms with van der Waals surface area (Å²) in [4.78, 5) is 40.1. The Morgan fingerprint density at radius 2 is 2.14 bits per heavy atom. The number of benzene rings is 1. The lowest BCUT2D eigenvalue weighted by Gasteiger charge is -2.28. The SMILES string of the molecule is CCN(C(=O)CN1C(=O)S/C(=C/c2cccc(Cl)c2)C1=O)[C@H]1CCS(=O)(=O)C1. The highest BCUT2D eigenvalue weighted by Crippen LogP contribution is 2.32. The average molecular weight is 443 g/mol. The maximum absolute atomic E-state index is 12.7. The van der Waals surface area contributed by atoms with Crippen LogP contribution in [0.3, 0.4) is 0 Å². The molecule has 7 nitrogen and oxygen atoms in total. The van der Waals surface area contributed by atoms with Crippen LogP contribution in [0.2, 0.25) is 5.02 Å². The standard InChI is InChI=1S/C18H19ClN2O5S2/c1-2-20(14-6-7-28(25,26)11-14)16(22)10-21-17(23)15(27-18(21)24)9-12-4-3-5-13(19)8-12/h3-5,8-9,14H,2,6-7,10-11H2,1H3/b15-9+/t14-/m0/s1. The zero-order valence-electron chi connectivity index (χ0n) is 15.1. The quantitative estimate of drug-likeness (QED) is 0.650. The number of likely N-dealkylation sites (N-methyl/N-ethyl adjacent to an activating group) is 1. The van der Waals surface area contributed by atoms with Crippen LogP contribution < -0.4 is 0 Å². The van der Waals surface area contributed by atoms with Crippen LogP contribution in [0.5, 0.6) is 0 Å². The van der Waals surface area contributed by atoms with Gasteiger partial charge in [-0.25, -0.2) is 8.42 Å². The highest BCUT2D eigenvalue weighted by molar-refractivity contribution is 8.18. The molecule has 0 aliphatic carbocycles. The Hall–Kier alpha value is -1.84. The second-order valence-corrected chi connectivity index (χ2v) is 10.2. The van der Waals surface area contributed by atoms with Gasteiger partial charge in [0.05, 0.1) is 16.4 Å². The molecular weight excluding hydrogens is 424 g/mol. The van der Waals surface area contributed by atoms with Gasteiger partial charge in [0.2, 0.25) is 5.91 Å². The summed E-state index contributed by atoms with van der Waals surface area (Å²) in [7, 11) is -3.15. The van der Waals surface area contributed by atoms with Crippen molar-refractivity contribution in [2.75, 3.05) is 24.6 Å². The van der Waals surface area contributed by atoms with E-state index in [1.54, 1.807) is 37.3 Å². The Balaban J connectivity index is 1.72. The number of hydrogen-bond donors (Lipinski definition) is 0. The molecule has 0 unspecified atom stereocenters. The number of rotatable bonds is 5. The topological polar surface area (TPSA) is 91.8 Å². The fraction of sp³-hybridized carbons (Fsp3) is 0.389. The van der Waals surface area contributed by atoms with Crippen LogP contribution in [0, 0.1) is 0 Å². The van der Waals surface area contributed by atoms with Gasteiger partial charge in [-0.3, -0.25) is 19.3 Å². The molecule has 0 aromatic heterocycles. The van der Waals surface area contributed by atoms with Crippen molar-refractivity contribution >= 4 is 56.3 Å². The number of thioether (sulfide) groups is 1. The lowest BCUT2D eigenvalue weighted by Crippen LogP contribution is -2.47. The average Bonchev–Trinajstić information content (AvgIpc) is 3.10. The molecule has 1 aromatic carbocycles. The number of hydrogen-bond acceptors (Lipinski definition) is 6. The molecule has 0 spiro atoms. The van der Waals surface area contributed by atoms with E-state index in [1.165, 1.54) is 4.90 Å². The van der Waals surface area contributed by atoms with Gasteiger partial charge in [-0.2, -0.15) is 0 Å². The molecule has 0 N–H and O–H groups in total. The van der Waals surface area contributed by atoms with E-state index in [-0.39, 0.29) is 16.4 Å². The maximum Gasteiger partial charge on any atom is 0.294 e. The first-order valence-electron chi connectivity index (χ1n) is 8.71.